The maximum Gasteiger partial charge on any atom is 0.200 e. The Morgan fingerprint density at radius 2 is 1.45 bits per heavy atom. The molecule has 0 saturated carbocycles. The summed E-state index contributed by atoms with van der Waals surface area (Å²) in [4.78, 5) is 24.6. The number of rotatable bonds is 9. The third-order valence-electron chi connectivity index (χ3n) is 6.22. The predicted octanol–water partition coefficient (Wildman–Crippen LogP) is 6.53. The molecule has 2 rings (SSSR count). The van der Waals surface area contributed by atoms with Gasteiger partial charge in [-0.2, -0.15) is 0 Å². The second-order valence-corrected chi connectivity index (χ2v) is 9.00. The molecule has 2 aromatic rings. The highest BCUT2D eigenvalue weighted by molar-refractivity contribution is 6.08. The smallest absolute Gasteiger partial charge is 0.200 e. The molecule has 0 saturated heterocycles. The van der Waals surface area contributed by atoms with E-state index in [4.69, 9.17) is 4.74 Å². The topological polar surface area (TPSA) is 43.4 Å². The zero-order valence-corrected chi connectivity index (χ0v) is 18.9. The van der Waals surface area contributed by atoms with Crippen LogP contribution in [0.4, 0.5) is 0 Å². The van der Waals surface area contributed by atoms with Crippen LogP contribution in [0.5, 0.6) is 5.75 Å². The lowest BCUT2D eigenvalue weighted by Gasteiger charge is -2.30. The molecular weight excluding hydrogens is 360 g/mol. The van der Waals surface area contributed by atoms with E-state index in [-0.39, 0.29) is 29.0 Å². The van der Waals surface area contributed by atoms with Crippen LogP contribution in [-0.2, 0) is 10.8 Å². The molecule has 0 heterocycles. The van der Waals surface area contributed by atoms with Gasteiger partial charge in [-0.15, -0.1) is 0 Å². The van der Waals surface area contributed by atoms with Crippen molar-refractivity contribution in [3.63, 3.8) is 0 Å². The Morgan fingerprint density at radius 3 is 2.00 bits per heavy atom. The predicted molar refractivity (Wildman–Crippen MR) is 119 cm³/mol. The molecule has 3 heteroatoms. The second-order valence-electron chi connectivity index (χ2n) is 9.00. The minimum Gasteiger partial charge on any atom is -0.485 e. The van der Waals surface area contributed by atoms with Crippen LogP contribution in [0.2, 0.25) is 0 Å². The van der Waals surface area contributed by atoms with Crippen LogP contribution in [0.15, 0.2) is 42.5 Å². The zero-order chi connectivity index (χ0) is 21.8. The Labute approximate surface area is 175 Å². The molecular formula is C26H34O3. The highest BCUT2D eigenvalue weighted by atomic mass is 16.5. The number of benzene rings is 2. The number of carbonyl (C=O) groups excluding carboxylic acids is 2. The van der Waals surface area contributed by atoms with E-state index in [2.05, 4.69) is 53.7 Å². The summed E-state index contributed by atoms with van der Waals surface area (Å²) in [6, 6.07) is 13.2. The average Bonchev–Trinajstić information content (AvgIpc) is 2.71. The van der Waals surface area contributed by atoms with Gasteiger partial charge in [-0.3, -0.25) is 9.59 Å². The summed E-state index contributed by atoms with van der Waals surface area (Å²) >= 11 is 0. The normalized spacial score (nSPS) is 12.0. The van der Waals surface area contributed by atoms with Gasteiger partial charge in [-0.1, -0.05) is 77.9 Å². The molecule has 0 atom stereocenters. The first-order valence-electron chi connectivity index (χ1n) is 10.4. The molecule has 3 nitrogen and oxygen atoms in total. The summed E-state index contributed by atoms with van der Waals surface area (Å²) in [6.07, 6.45) is 2.00. The summed E-state index contributed by atoms with van der Waals surface area (Å²) < 4.78 is 6.02. The van der Waals surface area contributed by atoms with Crippen molar-refractivity contribution in [2.75, 3.05) is 6.61 Å². The van der Waals surface area contributed by atoms with Gasteiger partial charge in [0.25, 0.3) is 0 Å². The number of ketones is 2. The fourth-order valence-electron chi connectivity index (χ4n) is 3.25. The van der Waals surface area contributed by atoms with Crippen molar-refractivity contribution in [1.29, 1.82) is 0 Å². The molecule has 0 aliphatic rings. The fraction of sp³-hybridized carbons (Fsp3) is 0.462. The Bertz CT molecular complexity index is 891. The van der Waals surface area contributed by atoms with Gasteiger partial charge in [-0.25, -0.2) is 0 Å². The van der Waals surface area contributed by atoms with Gasteiger partial charge >= 0.3 is 0 Å². The van der Waals surface area contributed by atoms with Crippen molar-refractivity contribution in [3.8, 4) is 5.75 Å². The third-order valence-corrected chi connectivity index (χ3v) is 6.22. The lowest BCUT2D eigenvalue weighted by atomic mass is 9.76. The van der Waals surface area contributed by atoms with Crippen LogP contribution < -0.4 is 4.74 Å². The van der Waals surface area contributed by atoms with E-state index >= 15 is 0 Å². The first kappa shape index (κ1) is 22.9. The average molecular weight is 395 g/mol. The van der Waals surface area contributed by atoms with Gasteiger partial charge in [0, 0.05) is 16.7 Å². The van der Waals surface area contributed by atoms with Crippen molar-refractivity contribution >= 4 is 11.6 Å². The molecule has 156 valence electrons. The molecule has 2 aromatic carbocycles. The minimum absolute atomic E-state index is 0.0739. The van der Waals surface area contributed by atoms with E-state index in [1.165, 1.54) is 12.5 Å². The minimum atomic E-state index is -0.186. The van der Waals surface area contributed by atoms with E-state index in [0.717, 1.165) is 24.2 Å². The molecule has 0 spiro atoms. The summed E-state index contributed by atoms with van der Waals surface area (Å²) in [5, 5.41) is 0. The van der Waals surface area contributed by atoms with Gasteiger partial charge in [0.05, 0.1) is 0 Å². The number of ether oxygens (including phenoxy) is 1. The molecule has 0 amide bonds. The molecule has 0 radical (unpaired) electrons. The van der Waals surface area contributed by atoms with E-state index in [9.17, 15) is 9.59 Å². The van der Waals surface area contributed by atoms with Crippen molar-refractivity contribution in [2.24, 2.45) is 0 Å². The molecule has 0 aliphatic carbocycles. The summed E-state index contributed by atoms with van der Waals surface area (Å²) in [5.74, 6) is 0.433. The summed E-state index contributed by atoms with van der Waals surface area (Å²) in [6.45, 7) is 14.6. The summed E-state index contributed by atoms with van der Waals surface area (Å²) in [5.41, 5.74) is 3.25. The highest BCUT2D eigenvalue weighted by Gasteiger charge is 2.27. The van der Waals surface area contributed by atoms with Crippen LogP contribution >= 0.6 is 0 Å². The lowest BCUT2D eigenvalue weighted by molar-refractivity contribution is 0.0909. The van der Waals surface area contributed by atoms with Crippen molar-refractivity contribution in [2.45, 2.75) is 72.1 Å². The SMILES string of the molecule is CCC(C)(C)c1ccc(OCC(=O)c2ccccc2C(C)=O)c(C(C)(C)CC)c1. The van der Waals surface area contributed by atoms with E-state index < -0.39 is 0 Å². The van der Waals surface area contributed by atoms with E-state index in [1.807, 2.05) is 6.07 Å². The monoisotopic (exact) mass is 394 g/mol. The van der Waals surface area contributed by atoms with Gasteiger partial charge in [0.1, 0.15) is 5.75 Å². The number of carbonyl (C=O) groups is 2. The summed E-state index contributed by atoms with van der Waals surface area (Å²) in [7, 11) is 0. The quantitative estimate of drug-likeness (QED) is 0.454. The number of Topliss-reactive ketones (excluding diaryl/α,β-unsaturated/α-hetero) is 2. The Morgan fingerprint density at radius 1 is 0.862 bits per heavy atom. The van der Waals surface area contributed by atoms with Crippen LogP contribution in [0.3, 0.4) is 0 Å². The largest absolute Gasteiger partial charge is 0.485 e. The Kier molecular flexibility index (Phi) is 7.05. The molecule has 0 bridgehead atoms. The molecule has 0 unspecified atom stereocenters. The Balaban J connectivity index is 2.35. The van der Waals surface area contributed by atoms with Gasteiger partial charge < -0.3 is 4.74 Å². The van der Waals surface area contributed by atoms with Gasteiger partial charge in [0.15, 0.2) is 12.4 Å². The van der Waals surface area contributed by atoms with E-state index in [1.54, 1.807) is 24.3 Å². The van der Waals surface area contributed by atoms with Crippen molar-refractivity contribution < 1.29 is 14.3 Å². The first-order chi connectivity index (χ1) is 13.5. The Hall–Kier alpha value is -2.42. The second kappa shape index (κ2) is 8.94. The maximum absolute atomic E-state index is 12.8. The van der Waals surface area contributed by atoms with Crippen LogP contribution in [0.25, 0.3) is 0 Å². The molecule has 0 N–H and O–H groups in total. The van der Waals surface area contributed by atoms with Crippen molar-refractivity contribution in [3.05, 3.63) is 64.7 Å². The third kappa shape index (κ3) is 5.14. The van der Waals surface area contributed by atoms with Crippen LogP contribution in [0.1, 0.15) is 93.2 Å². The number of hydrogen-bond acceptors (Lipinski definition) is 3. The maximum atomic E-state index is 12.8. The van der Waals surface area contributed by atoms with E-state index in [0.29, 0.717) is 11.1 Å². The van der Waals surface area contributed by atoms with Gasteiger partial charge in [0.2, 0.25) is 5.78 Å². The molecule has 0 aromatic heterocycles. The molecule has 0 fully saturated rings. The van der Waals surface area contributed by atoms with Crippen molar-refractivity contribution in [1.82, 2.24) is 0 Å². The zero-order valence-electron chi connectivity index (χ0n) is 18.9. The highest BCUT2D eigenvalue weighted by Crippen LogP contribution is 2.38. The van der Waals surface area contributed by atoms with Gasteiger partial charge in [-0.05, 0) is 42.2 Å². The number of hydrogen-bond donors (Lipinski definition) is 0. The molecule has 0 aliphatic heterocycles. The standard InChI is InChI=1S/C26H34O3/c1-8-25(4,5)19-14-15-24(22(16-19)26(6,7)9-2)29-17-23(28)21-13-11-10-12-20(21)18(3)27/h10-16H,8-9,17H2,1-7H3. The lowest BCUT2D eigenvalue weighted by Crippen LogP contribution is -2.22. The van der Waals surface area contributed by atoms with Crippen LogP contribution in [0, 0.1) is 0 Å². The molecule has 29 heavy (non-hydrogen) atoms. The fourth-order valence-corrected chi connectivity index (χ4v) is 3.25. The first-order valence-corrected chi connectivity index (χ1v) is 10.4. The van der Waals surface area contributed by atoms with Crippen LogP contribution in [-0.4, -0.2) is 18.2 Å².